The molecule has 0 aliphatic rings. The maximum absolute atomic E-state index is 9.65. The maximum atomic E-state index is 9.65. The molecule has 57 heavy (non-hydrogen) atoms. The lowest BCUT2D eigenvalue weighted by Crippen LogP contribution is -1.99. The molecule has 4 heterocycles. The first-order chi connectivity index (χ1) is 40.7. The van der Waals surface area contributed by atoms with Gasteiger partial charge in [-0.1, -0.05) is 139 Å². The molecule has 12 rings (SSSR count). The van der Waals surface area contributed by atoms with E-state index in [1.165, 1.54) is 0 Å². The zero-order valence-corrected chi connectivity index (χ0v) is 29.7. The minimum Gasteiger partial charge on any atom is -0.309 e. The molecular formula is C51H30N4S2. The monoisotopic (exact) mass is 792 g/mol. The average Bonchev–Trinajstić information content (AvgIpc) is 1.60. The normalized spacial score (nSPS) is 19.2. The van der Waals surface area contributed by atoms with Gasteiger partial charge in [-0.3, -0.25) is 0 Å². The molecule has 0 fully saturated rings. The van der Waals surface area contributed by atoms with Gasteiger partial charge in [-0.15, -0.1) is 22.7 Å². The Balaban J connectivity index is 1.11. The summed E-state index contributed by atoms with van der Waals surface area (Å²) in [5.41, 5.74) is -4.53. The van der Waals surface area contributed by atoms with E-state index in [1.807, 2.05) is 0 Å². The Bertz CT molecular complexity index is 5080. The number of aromatic nitrogens is 4. The second-order valence-corrected chi connectivity index (χ2v) is 14.1. The second-order valence-electron chi connectivity index (χ2n) is 12.1. The fourth-order valence-electron chi connectivity index (χ4n) is 6.31. The number of benzene rings is 8. The summed E-state index contributed by atoms with van der Waals surface area (Å²) in [6.45, 7) is 0. The predicted octanol–water partition coefficient (Wildman–Crippen LogP) is 14.4. The van der Waals surface area contributed by atoms with Crippen LogP contribution in [0.1, 0.15) is 41.1 Å². The van der Waals surface area contributed by atoms with Gasteiger partial charge >= 0.3 is 0 Å². The summed E-state index contributed by atoms with van der Waals surface area (Å²) in [6.07, 6.45) is 0. The first-order valence-corrected chi connectivity index (χ1v) is 18.2. The van der Waals surface area contributed by atoms with Gasteiger partial charge in [0.25, 0.3) is 0 Å². The van der Waals surface area contributed by atoms with Crippen LogP contribution in [0.3, 0.4) is 0 Å². The van der Waals surface area contributed by atoms with Crippen LogP contribution in [0.25, 0.3) is 113 Å². The second kappa shape index (κ2) is 12.8. The van der Waals surface area contributed by atoms with Crippen LogP contribution >= 0.6 is 22.7 Å². The number of hydrogen-bond donors (Lipinski definition) is 0. The van der Waals surface area contributed by atoms with Crippen molar-refractivity contribution in [2.75, 3.05) is 0 Å². The molecular weight excluding hydrogens is 733 g/mol. The first-order valence-electron chi connectivity index (χ1n) is 31.6. The van der Waals surface area contributed by atoms with E-state index in [1.54, 1.807) is 0 Å². The van der Waals surface area contributed by atoms with Gasteiger partial charge in [0.2, 0.25) is 0 Å². The molecule has 4 aromatic heterocycles. The third-order valence-electron chi connectivity index (χ3n) is 8.82. The van der Waals surface area contributed by atoms with E-state index in [0.717, 1.165) is 4.57 Å². The van der Waals surface area contributed by atoms with Crippen molar-refractivity contribution < 1.29 is 41.1 Å². The van der Waals surface area contributed by atoms with Gasteiger partial charge in [0.1, 0.15) is 0 Å². The van der Waals surface area contributed by atoms with E-state index >= 15 is 0 Å². The Hall–Kier alpha value is -6.99. The van der Waals surface area contributed by atoms with E-state index < -0.39 is 243 Å². The van der Waals surface area contributed by atoms with Gasteiger partial charge in [-0.05, 0) is 53.4 Å². The lowest BCUT2D eigenvalue weighted by Gasteiger charge is -2.08. The highest BCUT2D eigenvalue weighted by Gasteiger charge is 2.16. The molecule has 4 nitrogen and oxygen atoms in total. The molecule has 0 saturated heterocycles. The summed E-state index contributed by atoms with van der Waals surface area (Å²) < 4.78 is 267. The molecule has 0 amide bonds. The van der Waals surface area contributed by atoms with Crippen molar-refractivity contribution in [3.05, 3.63) is 181 Å². The topological polar surface area (TPSA) is 43.6 Å². The minimum absolute atomic E-state index is 0.221. The SMILES string of the molecule is [2H]c1c([2H])c([2H])c(-c2nc(-c3c([2H])c([2H])c([2H])c([2H])c3[2H])nc(-c3c([2H])c([2H])c4c(sc5c([2H])c(-c6c([2H])c([2H])c7c(sc8c([2H])c(-n9c%10c([2H])c([2H])c([2H])c([2H])c%10c%10c([2H])c([2H])c([2H])c([2H])c%109)c([2H])c([2H])c87)c6[2H])c([2H])c([2H])c54)c3[2H])n2)c([2H])c1[2H]. The zero-order valence-electron chi connectivity index (χ0n) is 58.1. The van der Waals surface area contributed by atoms with E-state index in [-0.39, 0.29) is 51.1 Å². The number of fused-ring (bicyclic) bond motifs is 9. The minimum atomic E-state index is -0.844. The van der Waals surface area contributed by atoms with Crippen LogP contribution in [0.15, 0.2) is 181 Å². The Kier molecular flexibility index (Phi) is 3.25. The molecule has 0 aliphatic carbocycles. The van der Waals surface area contributed by atoms with Crippen molar-refractivity contribution in [2.45, 2.75) is 0 Å². The summed E-state index contributed by atoms with van der Waals surface area (Å²) in [5, 5.41) is -1.93. The van der Waals surface area contributed by atoms with E-state index in [0.29, 0.717) is 22.7 Å². The predicted molar refractivity (Wildman–Crippen MR) is 242 cm³/mol. The molecule has 0 atom stereocenters. The van der Waals surface area contributed by atoms with Gasteiger partial charge in [0, 0.05) is 73.5 Å². The standard InChI is InChI=1S/C51H30N4S2/c1-3-11-31(12-4-1)49-52-50(32-13-5-2-6-14-32)54-51(53-49)35-21-25-41-39-23-19-33(27-45(39)56-47(41)29-35)34-20-24-40-42-26-22-36(30-48(42)57-46(40)28-34)55-43-17-9-7-15-37(43)38-16-8-10-18-44(38)55/h1-30H/i1D,2D,3D,4D,5D,6D,7D,8D,9D,10D,11D,12D,13D,14D,15D,16D,17D,18D,19D,20D,21D,22D,23D,24D,25D,26D,27D,28D,29D,30D. The number of thiophene rings is 2. The Morgan fingerprint density at radius 1 is 0.333 bits per heavy atom. The van der Waals surface area contributed by atoms with Crippen LogP contribution in [-0.4, -0.2) is 19.5 Å². The van der Waals surface area contributed by atoms with Crippen molar-refractivity contribution in [3.63, 3.8) is 0 Å². The molecule has 12 aromatic rings. The molecule has 0 saturated carbocycles. The fraction of sp³-hybridized carbons (Fsp3) is 0. The third-order valence-corrected chi connectivity index (χ3v) is 10.9. The van der Waals surface area contributed by atoms with Crippen molar-refractivity contribution >= 4 is 84.8 Å². The molecule has 0 N–H and O–H groups in total. The summed E-state index contributed by atoms with van der Waals surface area (Å²) in [6, 6.07) is -23.2. The molecule has 8 aromatic carbocycles. The first kappa shape index (κ1) is 14.5. The van der Waals surface area contributed by atoms with Crippen LogP contribution in [0, 0.1) is 0 Å². The maximum Gasteiger partial charge on any atom is 0.164 e. The summed E-state index contributed by atoms with van der Waals surface area (Å²) >= 11 is 1.20. The molecule has 0 spiro atoms. The number of para-hydroxylation sites is 2. The highest BCUT2D eigenvalue weighted by Crippen LogP contribution is 2.42. The van der Waals surface area contributed by atoms with Crippen LogP contribution in [0.5, 0.6) is 0 Å². The van der Waals surface area contributed by atoms with Gasteiger partial charge in [-0.2, -0.15) is 0 Å². The smallest absolute Gasteiger partial charge is 0.164 e. The Morgan fingerprint density at radius 2 is 0.719 bits per heavy atom. The van der Waals surface area contributed by atoms with E-state index in [4.69, 9.17) is 24.7 Å². The molecule has 266 valence electrons. The van der Waals surface area contributed by atoms with E-state index in [2.05, 4.69) is 15.0 Å². The lowest BCUT2D eigenvalue weighted by atomic mass is 10.0. The third kappa shape index (κ3) is 5.30. The van der Waals surface area contributed by atoms with E-state index in [9.17, 15) is 16.4 Å². The van der Waals surface area contributed by atoms with Crippen LogP contribution < -0.4 is 0 Å². The summed E-state index contributed by atoms with van der Waals surface area (Å²) in [7, 11) is 0. The summed E-state index contributed by atoms with van der Waals surface area (Å²) in [4.78, 5) is 12.9. The van der Waals surface area contributed by atoms with Gasteiger partial charge in [-0.25, -0.2) is 15.0 Å². The van der Waals surface area contributed by atoms with Crippen LogP contribution in [-0.2, 0) is 0 Å². The molecule has 6 heteroatoms. The molecule has 0 unspecified atom stereocenters. The van der Waals surface area contributed by atoms with Gasteiger partial charge in [0.05, 0.1) is 52.2 Å². The van der Waals surface area contributed by atoms with Crippen molar-refractivity contribution in [1.82, 2.24) is 19.5 Å². The average molecular weight is 793 g/mol. The number of hydrogen-bond acceptors (Lipinski definition) is 5. The van der Waals surface area contributed by atoms with Gasteiger partial charge < -0.3 is 4.57 Å². The lowest BCUT2D eigenvalue weighted by molar-refractivity contribution is 1.07. The Labute approximate surface area is 377 Å². The number of nitrogens with zero attached hydrogens (tertiary/aromatic N) is 4. The van der Waals surface area contributed by atoms with Crippen LogP contribution in [0.2, 0.25) is 0 Å². The van der Waals surface area contributed by atoms with Crippen molar-refractivity contribution in [1.29, 1.82) is 0 Å². The fourth-order valence-corrected chi connectivity index (χ4v) is 8.35. The molecule has 0 radical (unpaired) electrons. The van der Waals surface area contributed by atoms with Crippen LogP contribution in [0.4, 0.5) is 0 Å². The highest BCUT2D eigenvalue weighted by molar-refractivity contribution is 7.26. The molecule has 0 aliphatic heterocycles. The number of rotatable bonds is 5. The Morgan fingerprint density at radius 3 is 1.23 bits per heavy atom. The van der Waals surface area contributed by atoms with Crippen molar-refractivity contribution in [2.24, 2.45) is 0 Å². The zero-order chi connectivity index (χ0) is 63.6. The van der Waals surface area contributed by atoms with Gasteiger partial charge in [0.15, 0.2) is 17.5 Å². The summed E-state index contributed by atoms with van der Waals surface area (Å²) in [5.74, 6) is -2.18. The quantitative estimate of drug-likeness (QED) is 0.174. The van der Waals surface area contributed by atoms with Crippen molar-refractivity contribution in [3.8, 4) is 51.0 Å². The largest absolute Gasteiger partial charge is 0.309 e. The highest BCUT2D eigenvalue weighted by atomic mass is 32.1. The molecule has 0 bridgehead atoms.